The van der Waals surface area contributed by atoms with Gasteiger partial charge in [-0.2, -0.15) is 0 Å². The molecule has 2 aliphatic rings. The number of benzene rings is 4. The van der Waals surface area contributed by atoms with E-state index in [0.717, 1.165) is 31.4 Å². The van der Waals surface area contributed by atoms with Crippen molar-refractivity contribution < 1.29 is 9.59 Å². The molecule has 0 N–H and O–H groups in total. The minimum atomic E-state index is -3.51. The molecule has 0 aromatic heterocycles. The van der Waals surface area contributed by atoms with Crippen LogP contribution in [0.15, 0.2) is 97.1 Å². The summed E-state index contributed by atoms with van der Waals surface area (Å²) in [5.41, 5.74) is 5.25. The van der Waals surface area contributed by atoms with Gasteiger partial charge in [-0.3, -0.25) is 0 Å². The van der Waals surface area contributed by atoms with Crippen molar-refractivity contribution in [3.8, 4) is 0 Å². The molecule has 1 spiro atoms. The van der Waals surface area contributed by atoms with Crippen LogP contribution in [-0.4, -0.2) is 25.1 Å². The monoisotopic (exact) mass is 498 g/mol. The van der Waals surface area contributed by atoms with Crippen molar-refractivity contribution >= 4 is 45.4 Å². The quantitative estimate of drug-likeness (QED) is 0.390. The first kappa shape index (κ1) is 20.0. The van der Waals surface area contributed by atoms with E-state index in [-0.39, 0.29) is 11.8 Å². The molecule has 0 saturated heterocycles. The van der Waals surface area contributed by atoms with Crippen LogP contribution in [0.5, 0.6) is 0 Å². The third kappa shape index (κ3) is 2.64. The molecule has 0 atom stereocenters. The standard InChI is InChI=1S/C28H22N2O2Se/c1-19-11-15-21(16-12-19)29-27(31)23-7-3-5-9-25(23)33(29)26-10-6-4-8-24(26)28(32)30(33)22-17-13-20(2)14-18-22/h3-18H,1-2H3. The third-order valence-electron chi connectivity index (χ3n) is 6.28. The van der Waals surface area contributed by atoms with Gasteiger partial charge < -0.3 is 0 Å². The molecule has 4 nitrogen and oxygen atoms in total. The van der Waals surface area contributed by atoms with E-state index in [9.17, 15) is 9.59 Å². The number of anilines is 2. The van der Waals surface area contributed by atoms with Crippen LogP contribution in [0.1, 0.15) is 31.8 Å². The summed E-state index contributed by atoms with van der Waals surface area (Å²) in [6.45, 7) is 4.07. The van der Waals surface area contributed by atoms with Crippen molar-refractivity contribution in [2.24, 2.45) is 0 Å². The Kier molecular flexibility index (Phi) is 4.34. The van der Waals surface area contributed by atoms with Gasteiger partial charge >= 0.3 is 196 Å². The number of fused-ring (bicyclic) bond motifs is 4. The van der Waals surface area contributed by atoms with E-state index < -0.39 is 13.3 Å². The van der Waals surface area contributed by atoms with Crippen LogP contribution in [-0.2, 0) is 0 Å². The SMILES string of the molecule is Cc1ccc(N2C(=O)c3ccccc3[Se]23c2ccccc2C(=O)N3c2ccc(C)cc2)cc1. The Morgan fingerprint density at radius 3 is 1.27 bits per heavy atom. The fraction of sp³-hybridized carbons (Fsp3) is 0.0714. The topological polar surface area (TPSA) is 40.6 Å². The first-order valence-corrected chi connectivity index (χ1v) is 14.1. The van der Waals surface area contributed by atoms with Gasteiger partial charge in [0.25, 0.3) is 0 Å². The van der Waals surface area contributed by atoms with Crippen LogP contribution in [0.2, 0.25) is 0 Å². The summed E-state index contributed by atoms with van der Waals surface area (Å²) in [5, 5.41) is 0. The zero-order valence-corrected chi connectivity index (χ0v) is 20.1. The zero-order valence-electron chi connectivity index (χ0n) is 18.4. The zero-order chi connectivity index (χ0) is 22.7. The van der Waals surface area contributed by atoms with E-state index in [1.54, 1.807) is 0 Å². The number of hydrogen-bond acceptors (Lipinski definition) is 2. The minimum absolute atomic E-state index is 0.0453. The number of hydrogen-bond donors (Lipinski definition) is 0. The number of nitrogens with zero attached hydrogens (tertiary/aromatic N) is 2. The second kappa shape index (κ2) is 7.17. The summed E-state index contributed by atoms with van der Waals surface area (Å²) in [6, 6.07) is 31.7. The van der Waals surface area contributed by atoms with E-state index in [2.05, 4.69) is 0 Å². The molecule has 6 rings (SSSR count). The molecule has 0 radical (unpaired) electrons. The summed E-state index contributed by atoms with van der Waals surface area (Å²) < 4.78 is 5.84. The second-order valence-electron chi connectivity index (χ2n) is 8.41. The van der Waals surface area contributed by atoms with Gasteiger partial charge in [0.15, 0.2) is 0 Å². The molecule has 5 heteroatoms. The van der Waals surface area contributed by atoms with Gasteiger partial charge in [0.2, 0.25) is 0 Å². The normalized spacial score (nSPS) is 16.8. The average Bonchev–Trinajstić information content (AvgIpc) is 3.25. The van der Waals surface area contributed by atoms with E-state index in [1.807, 2.05) is 119 Å². The van der Waals surface area contributed by atoms with Gasteiger partial charge in [0, 0.05) is 0 Å². The molecule has 4 aromatic rings. The van der Waals surface area contributed by atoms with E-state index in [0.29, 0.717) is 11.1 Å². The molecule has 4 aromatic carbocycles. The molecule has 0 bridgehead atoms. The van der Waals surface area contributed by atoms with Gasteiger partial charge in [-0.15, -0.1) is 0 Å². The maximum atomic E-state index is 14.0. The number of carbonyl (C=O) groups is 2. The van der Waals surface area contributed by atoms with Gasteiger partial charge in [0.1, 0.15) is 0 Å². The molecule has 2 aliphatic heterocycles. The second-order valence-corrected chi connectivity index (χ2v) is 14.1. The van der Waals surface area contributed by atoms with E-state index >= 15 is 0 Å². The summed E-state index contributed by atoms with van der Waals surface area (Å²) in [6.07, 6.45) is 0. The van der Waals surface area contributed by atoms with Crippen LogP contribution < -0.4 is 16.8 Å². The number of amides is 2. The van der Waals surface area contributed by atoms with Crippen LogP contribution in [0, 0.1) is 13.8 Å². The molecule has 162 valence electrons. The Morgan fingerprint density at radius 1 is 0.515 bits per heavy atom. The molecule has 0 unspecified atom stereocenters. The van der Waals surface area contributed by atoms with E-state index in [1.165, 1.54) is 0 Å². The van der Waals surface area contributed by atoms with Crippen LogP contribution in [0.25, 0.3) is 0 Å². The molecule has 33 heavy (non-hydrogen) atoms. The average molecular weight is 497 g/mol. The van der Waals surface area contributed by atoms with Crippen molar-refractivity contribution in [1.29, 1.82) is 0 Å². The molecule has 0 fully saturated rings. The third-order valence-corrected chi connectivity index (χ3v) is 14.1. The molecule has 2 heterocycles. The van der Waals surface area contributed by atoms with Crippen molar-refractivity contribution in [2.45, 2.75) is 13.8 Å². The van der Waals surface area contributed by atoms with Crippen molar-refractivity contribution in [3.05, 3.63) is 119 Å². The Bertz CT molecular complexity index is 1320. The Balaban J connectivity index is 1.74. The van der Waals surface area contributed by atoms with Gasteiger partial charge in [0.05, 0.1) is 0 Å². The molecule has 2 amide bonds. The van der Waals surface area contributed by atoms with Crippen molar-refractivity contribution in [2.75, 3.05) is 7.83 Å². The first-order chi connectivity index (χ1) is 16.0. The first-order valence-electron chi connectivity index (χ1n) is 10.9. The number of rotatable bonds is 2. The molecule has 0 saturated carbocycles. The van der Waals surface area contributed by atoms with Crippen LogP contribution >= 0.6 is 0 Å². The maximum absolute atomic E-state index is 14.0. The van der Waals surface area contributed by atoms with Crippen LogP contribution in [0.4, 0.5) is 11.4 Å². The molecule has 0 aliphatic carbocycles. The summed E-state index contributed by atoms with van der Waals surface area (Å²) in [7, 11) is 0. The Labute approximate surface area is 195 Å². The number of aryl methyl sites for hydroxylation is 2. The van der Waals surface area contributed by atoms with Gasteiger partial charge in [-0.05, 0) is 0 Å². The van der Waals surface area contributed by atoms with E-state index in [4.69, 9.17) is 0 Å². The predicted octanol–water partition coefficient (Wildman–Crippen LogP) is 4.18. The van der Waals surface area contributed by atoms with Crippen molar-refractivity contribution in [3.63, 3.8) is 0 Å². The Morgan fingerprint density at radius 2 is 0.879 bits per heavy atom. The van der Waals surface area contributed by atoms with Crippen LogP contribution in [0.3, 0.4) is 0 Å². The van der Waals surface area contributed by atoms with Gasteiger partial charge in [-0.1, -0.05) is 0 Å². The summed E-state index contributed by atoms with van der Waals surface area (Å²) >= 11 is -3.51. The Hall–Kier alpha value is -3.66. The summed E-state index contributed by atoms with van der Waals surface area (Å²) in [4.78, 5) is 28.0. The fourth-order valence-corrected chi connectivity index (χ4v) is 13.5. The molecular weight excluding hydrogens is 475 g/mol. The fourth-order valence-electron chi connectivity index (χ4n) is 4.74. The number of carbonyl (C=O) groups excluding carboxylic acids is 2. The summed E-state index contributed by atoms with van der Waals surface area (Å²) in [5.74, 6) is -0.0906. The predicted molar refractivity (Wildman–Crippen MR) is 134 cm³/mol. The van der Waals surface area contributed by atoms with Gasteiger partial charge in [-0.25, -0.2) is 0 Å². The molecular formula is C28H22N2O2Se. The van der Waals surface area contributed by atoms with Crippen molar-refractivity contribution in [1.82, 2.24) is 0 Å².